The minimum Gasteiger partial charge on any atom is -0.490 e. The Hall–Kier alpha value is -2.64. The lowest BCUT2D eigenvalue weighted by Crippen LogP contribution is -2.47. The second kappa shape index (κ2) is 5.78. The molecule has 3 rings (SSSR count). The number of anilines is 3. The van der Waals surface area contributed by atoms with Crippen LogP contribution in [0.2, 0.25) is 0 Å². The average molecular weight is 287 g/mol. The van der Waals surface area contributed by atoms with Crippen molar-refractivity contribution in [1.82, 2.24) is 19.9 Å². The highest BCUT2D eigenvalue weighted by Crippen LogP contribution is 2.30. The van der Waals surface area contributed by atoms with Gasteiger partial charge in [-0.15, -0.1) is 0 Å². The van der Waals surface area contributed by atoms with Gasteiger partial charge in [0, 0.05) is 38.6 Å². The van der Waals surface area contributed by atoms with Crippen molar-refractivity contribution in [2.75, 3.05) is 48.8 Å². The second-order valence-corrected chi connectivity index (χ2v) is 4.64. The maximum Gasteiger partial charge on any atom is 0.225 e. The van der Waals surface area contributed by atoms with E-state index in [2.05, 4.69) is 29.7 Å². The van der Waals surface area contributed by atoms with Gasteiger partial charge in [0.05, 0.1) is 7.11 Å². The molecule has 8 nitrogen and oxygen atoms in total. The largest absolute Gasteiger partial charge is 0.490 e. The highest BCUT2D eigenvalue weighted by molar-refractivity contribution is 5.63. The van der Waals surface area contributed by atoms with E-state index < -0.39 is 0 Å². The van der Waals surface area contributed by atoms with Crippen LogP contribution in [0.25, 0.3) is 0 Å². The zero-order valence-corrected chi connectivity index (χ0v) is 11.8. The summed E-state index contributed by atoms with van der Waals surface area (Å²) >= 11 is 0. The number of hydrogen-bond donors (Lipinski definition) is 1. The van der Waals surface area contributed by atoms with Gasteiger partial charge in [-0.3, -0.25) is 0 Å². The van der Waals surface area contributed by atoms with E-state index in [1.807, 2.05) is 6.07 Å². The van der Waals surface area contributed by atoms with Gasteiger partial charge in [-0.1, -0.05) is 0 Å². The first-order chi connectivity index (χ1) is 10.3. The average Bonchev–Trinajstić information content (AvgIpc) is 2.55. The van der Waals surface area contributed by atoms with Gasteiger partial charge in [0.25, 0.3) is 0 Å². The number of nitrogens with two attached hydrogens (primary N) is 1. The first-order valence-corrected chi connectivity index (χ1v) is 6.71. The van der Waals surface area contributed by atoms with Crippen LogP contribution in [-0.4, -0.2) is 53.2 Å². The summed E-state index contributed by atoms with van der Waals surface area (Å²) in [6.45, 7) is 3.23. The van der Waals surface area contributed by atoms with Crippen LogP contribution in [0, 0.1) is 0 Å². The summed E-state index contributed by atoms with van der Waals surface area (Å²) in [5, 5.41) is 0. The van der Waals surface area contributed by atoms with Crippen molar-refractivity contribution >= 4 is 17.6 Å². The molecule has 0 bridgehead atoms. The number of rotatable bonds is 3. The summed E-state index contributed by atoms with van der Waals surface area (Å²) in [4.78, 5) is 21.1. The van der Waals surface area contributed by atoms with Crippen LogP contribution in [0.5, 0.6) is 5.75 Å². The third kappa shape index (κ3) is 2.64. The molecule has 110 valence electrons. The maximum atomic E-state index is 5.82. The van der Waals surface area contributed by atoms with E-state index in [-0.39, 0.29) is 0 Å². The summed E-state index contributed by atoms with van der Waals surface area (Å²) in [5.74, 6) is 2.38. The zero-order chi connectivity index (χ0) is 14.7. The predicted octanol–water partition coefficient (Wildman–Crippen LogP) is 0.184. The molecule has 2 aromatic heterocycles. The number of ether oxygens (including phenoxy) is 1. The lowest BCUT2D eigenvalue weighted by molar-refractivity contribution is 0.412. The molecule has 0 unspecified atom stereocenters. The molecule has 3 heterocycles. The Balaban J connectivity index is 1.73. The molecule has 1 aliphatic heterocycles. The van der Waals surface area contributed by atoms with Crippen LogP contribution in [0.1, 0.15) is 0 Å². The van der Waals surface area contributed by atoms with Gasteiger partial charge in [-0.25, -0.2) is 19.9 Å². The Morgan fingerprint density at radius 3 is 2.33 bits per heavy atom. The summed E-state index contributed by atoms with van der Waals surface area (Å²) in [6.07, 6.45) is 4.96. The smallest absolute Gasteiger partial charge is 0.225 e. The van der Waals surface area contributed by atoms with Crippen LogP contribution >= 0.6 is 0 Å². The van der Waals surface area contributed by atoms with Crippen molar-refractivity contribution in [2.24, 2.45) is 0 Å². The molecule has 0 aromatic carbocycles. The van der Waals surface area contributed by atoms with Gasteiger partial charge in [0.2, 0.25) is 11.7 Å². The Bertz CT molecular complexity index is 599. The maximum absolute atomic E-state index is 5.82. The van der Waals surface area contributed by atoms with Gasteiger partial charge in [-0.2, -0.15) is 0 Å². The monoisotopic (exact) mass is 287 g/mol. The predicted molar refractivity (Wildman–Crippen MR) is 79.5 cm³/mol. The molecule has 1 aliphatic rings. The normalized spacial score (nSPS) is 15.1. The Kier molecular flexibility index (Phi) is 3.67. The molecule has 0 saturated carbocycles. The number of nitrogen functional groups attached to an aromatic ring is 1. The highest BCUT2D eigenvalue weighted by atomic mass is 16.5. The van der Waals surface area contributed by atoms with Gasteiger partial charge < -0.3 is 20.3 Å². The van der Waals surface area contributed by atoms with Crippen molar-refractivity contribution < 1.29 is 4.74 Å². The minimum absolute atomic E-state index is 0.358. The van der Waals surface area contributed by atoms with E-state index in [0.29, 0.717) is 11.6 Å². The minimum atomic E-state index is 0.358. The van der Waals surface area contributed by atoms with E-state index in [9.17, 15) is 0 Å². The first kappa shape index (κ1) is 13.3. The first-order valence-electron chi connectivity index (χ1n) is 6.71. The van der Waals surface area contributed by atoms with E-state index >= 15 is 0 Å². The molecule has 0 atom stereocenters. The topological polar surface area (TPSA) is 93.3 Å². The van der Waals surface area contributed by atoms with Crippen LogP contribution in [0.15, 0.2) is 24.8 Å². The molecule has 8 heteroatoms. The van der Waals surface area contributed by atoms with Gasteiger partial charge in [-0.05, 0) is 6.07 Å². The molecule has 0 aliphatic carbocycles. The van der Waals surface area contributed by atoms with Crippen molar-refractivity contribution in [3.8, 4) is 5.75 Å². The number of methoxy groups -OCH3 is 1. The molecule has 1 fully saturated rings. The van der Waals surface area contributed by atoms with Crippen LogP contribution in [0.4, 0.5) is 17.6 Å². The second-order valence-electron chi connectivity index (χ2n) is 4.64. The standard InChI is InChI=1S/C13H17N7O/c1-21-10-11(14)17-9-18-12(10)19-5-7-20(8-6-19)13-15-3-2-4-16-13/h2-4,9H,5-8H2,1H3,(H2,14,17,18). The molecular weight excluding hydrogens is 270 g/mol. The van der Waals surface area contributed by atoms with Crippen molar-refractivity contribution in [2.45, 2.75) is 0 Å². The van der Waals surface area contributed by atoms with Crippen LogP contribution in [0.3, 0.4) is 0 Å². The molecule has 1 saturated heterocycles. The van der Waals surface area contributed by atoms with Crippen LogP contribution < -0.4 is 20.3 Å². The molecule has 0 amide bonds. The lowest BCUT2D eigenvalue weighted by Gasteiger charge is -2.35. The Morgan fingerprint density at radius 1 is 1.00 bits per heavy atom. The number of piperazine rings is 1. The fraction of sp³-hybridized carbons (Fsp3) is 0.385. The van der Waals surface area contributed by atoms with E-state index in [0.717, 1.165) is 37.9 Å². The Labute approximate surface area is 122 Å². The summed E-state index contributed by atoms with van der Waals surface area (Å²) < 4.78 is 5.31. The Morgan fingerprint density at radius 2 is 1.67 bits per heavy atom. The molecule has 21 heavy (non-hydrogen) atoms. The van der Waals surface area contributed by atoms with Gasteiger partial charge in [0.15, 0.2) is 11.6 Å². The lowest BCUT2D eigenvalue weighted by atomic mass is 10.3. The quantitative estimate of drug-likeness (QED) is 0.854. The summed E-state index contributed by atoms with van der Waals surface area (Å²) in [7, 11) is 1.58. The molecule has 2 aromatic rings. The van der Waals surface area contributed by atoms with E-state index in [4.69, 9.17) is 10.5 Å². The molecular formula is C13H17N7O. The highest BCUT2D eigenvalue weighted by Gasteiger charge is 2.23. The summed E-state index contributed by atoms with van der Waals surface area (Å²) in [6, 6.07) is 1.81. The SMILES string of the molecule is COc1c(N)ncnc1N1CCN(c2ncccn2)CC1. The number of hydrogen-bond acceptors (Lipinski definition) is 8. The molecule has 0 radical (unpaired) electrons. The van der Waals surface area contributed by atoms with Crippen molar-refractivity contribution in [3.63, 3.8) is 0 Å². The third-order valence-corrected chi connectivity index (χ3v) is 3.43. The molecule has 2 N–H and O–H groups in total. The number of nitrogens with zero attached hydrogens (tertiary/aromatic N) is 6. The molecule has 0 spiro atoms. The zero-order valence-electron chi connectivity index (χ0n) is 11.8. The van der Waals surface area contributed by atoms with Crippen LogP contribution in [-0.2, 0) is 0 Å². The van der Waals surface area contributed by atoms with E-state index in [1.54, 1.807) is 19.5 Å². The van der Waals surface area contributed by atoms with Gasteiger partial charge in [0.1, 0.15) is 6.33 Å². The fourth-order valence-corrected chi connectivity index (χ4v) is 2.37. The summed E-state index contributed by atoms with van der Waals surface area (Å²) in [5.41, 5.74) is 5.82. The fourth-order valence-electron chi connectivity index (χ4n) is 2.37. The third-order valence-electron chi connectivity index (χ3n) is 3.43. The number of aromatic nitrogens is 4. The van der Waals surface area contributed by atoms with Crippen molar-refractivity contribution in [1.29, 1.82) is 0 Å². The van der Waals surface area contributed by atoms with E-state index in [1.165, 1.54) is 6.33 Å². The van der Waals surface area contributed by atoms with Gasteiger partial charge >= 0.3 is 0 Å². The van der Waals surface area contributed by atoms with Crippen molar-refractivity contribution in [3.05, 3.63) is 24.8 Å².